The van der Waals surface area contributed by atoms with Crippen molar-refractivity contribution >= 4 is 23.5 Å². The van der Waals surface area contributed by atoms with E-state index in [0.29, 0.717) is 5.92 Å². The molecule has 0 aromatic carbocycles. The molecule has 3 nitrogen and oxygen atoms in total. The highest BCUT2D eigenvalue weighted by molar-refractivity contribution is 7.80. The highest BCUT2D eigenvalue weighted by Gasteiger charge is 2.10. The number of hydrazone groups is 1. The molecule has 3 N–H and O–H groups in total. The van der Waals surface area contributed by atoms with Crippen LogP contribution < -0.4 is 11.2 Å². The van der Waals surface area contributed by atoms with Gasteiger partial charge < -0.3 is 5.73 Å². The van der Waals surface area contributed by atoms with E-state index in [-0.39, 0.29) is 5.11 Å². The standard InChI is InChI=1S/C12H25N3S/c1-4-6-10(3)8-11(7-5-2)9-14-15-12(13)16/h9-11H,4-8H2,1-3H3,(H3,13,15,16). The van der Waals surface area contributed by atoms with Gasteiger partial charge in [-0.3, -0.25) is 5.43 Å². The van der Waals surface area contributed by atoms with Gasteiger partial charge >= 0.3 is 0 Å². The summed E-state index contributed by atoms with van der Waals surface area (Å²) >= 11 is 4.69. The fourth-order valence-corrected chi connectivity index (χ4v) is 2.01. The van der Waals surface area contributed by atoms with Gasteiger partial charge in [-0.05, 0) is 36.9 Å². The maximum atomic E-state index is 5.31. The summed E-state index contributed by atoms with van der Waals surface area (Å²) < 4.78 is 0. The lowest BCUT2D eigenvalue weighted by Gasteiger charge is -2.16. The van der Waals surface area contributed by atoms with Crippen LogP contribution >= 0.6 is 12.2 Å². The zero-order valence-corrected chi connectivity index (χ0v) is 11.5. The number of nitrogens with one attached hydrogen (secondary N) is 1. The van der Waals surface area contributed by atoms with E-state index in [4.69, 9.17) is 18.0 Å². The monoisotopic (exact) mass is 243 g/mol. The first kappa shape index (κ1) is 15.4. The van der Waals surface area contributed by atoms with E-state index < -0.39 is 0 Å². The minimum absolute atomic E-state index is 0.230. The summed E-state index contributed by atoms with van der Waals surface area (Å²) in [5.41, 5.74) is 7.93. The lowest BCUT2D eigenvalue weighted by molar-refractivity contribution is 0.418. The van der Waals surface area contributed by atoms with E-state index in [2.05, 4.69) is 31.3 Å². The largest absolute Gasteiger partial charge is 0.375 e. The molecular formula is C12H25N3S. The molecule has 94 valence electrons. The first-order valence-electron chi connectivity index (χ1n) is 6.18. The third-order valence-corrected chi connectivity index (χ3v) is 2.70. The Hall–Kier alpha value is -0.640. The lowest BCUT2D eigenvalue weighted by Crippen LogP contribution is -2.24. The Morgan fingerprint density at radius 3 is 2.50 bits per heavy atom. The molecule has 0 aromatic heterocycles. The molecule has 0 bridgehead atoms. The van der Waals surface area contributed by atoms with Crippen LogP contribution in [0.1, 0.15) is 52.9 Å². The van der Waals surface area contributed by atoms with Crippen LogP contribution in [0.3, 0.4) is 0 Å². The van der Waals surface area contributed by atoms with Gasteiger partial charge in [0.1, 0.15) is 0 Å². The topological polar surface area (TPSA) is 50.4 Å². The van der Waals surface area contributed by atoms with Crippen LogP contribution in [0, 0.1) is 11.8 Å². The van der Waals surface area contributed by atoms with Crippen LogP contribution in [0.25, 0.3) is 0 Å². The van der Waals surface area contributed by atoms with E-state index >= 15 is 0 Å². The van der Waals surface area contributed by atoms with Gasteiger partial charge in [-0.15, -0.1) is 0 Å². The Balaban J connectivity index is 4.04. The third-order valence-electron chi connectivity index (χ3n) is 2.61. The Bertz CT molecular complexity index is 216. The summed E-state index contributed by atoms with van der Waals surface area (Å²) in [5, 5.41) is 4.29. The minimum atomic E-state index is 0.230. The molecule has 2 atom stereocenters. The molecule has 0 saturated heterocycles. The average Bonchev–Trinajstić information content (AvgIpc) is 2.17. The van der Waals surface area contributed by atoms with E-state index in [9.17, 15) is 0 Å². The Morgan fingerprint density at radius 2 is 2.00 bits per heavy atom. The Morgan fingerprint density at radius 1 is 1.38 bits per heavy atom. The summed E-state index contributed by atoms with van der Waals surface area (Å²) in [7, 11) is 0. The maximum absolute atomic E-state index is 5.31. The summed E-state index contributed by atoms with van der Waals surface area (Å²) in [6.45, 7) is 6.74. The van der Waals surface area contributed by atoms with Crippen LogP contribution in [0.15, 0.2) is 5.10 Å². The van der Waals surface area contributed by atoms with Gasteiger partial charge in [-0.2, -0.15) is 5.10 Å². The number of hydrogen-bond acceptors (Lipinski definition) is 2. The van der Waals surface area contributed by atoms with Gasteiger partial charge in [0.05, 0.1) is 0 Å². The smallest absolute Gasteiger partial charge is 0.184 e. The molecule has 0 radical (unpaired) electrons. The van der Waals surface area contributed by atoms with Crippen molar-refractivity contribution in [3.05, 3.63) is 0 Å². The number of nitrogens with two attached hydrogens (primary N) is 1. The number of thiocarbonyl (C=S) groups is 1. The molecule has 4 heteroatoms. The van der Waals surface area contributed by atoms with Crippen LogP contribution in [0.4, 0.5) is 0 Å². The fraction of sp³-hybridized carbons (Fsp3) is 0.833. The van der Waals surface area contributed by atoms with Crippen molar-refractivity contribution in [3.63, 3.8) is 0 Å². The van der Waals surface area contributed by atoms with Crippen LogP contribution in [0.2, 0.25) is 0 Å². The maximum Gasteiger partial charge on any atom is 0.184 e. The van der Waals surface area contributed by atoms with Crippen LogP contribution in [0.5, 0.6) is 0 Å². The second-order valence-corrected chi connectivity index (χ2v) is 4.87. The molecule has 0 fully saturated rings. The minimum Gasteiger partial charge on any atom is -0.375 e. The van der Waals surface area contributed by atoms with E-state index in [1.54, 1.807) is 0 Å². The van der Waals surface area contributed by atoms with Crippen molar-refractivity contribution in [1.29, 1.82) is 0 Å². The van der Waals surface area contributed by atoms with Crippen molar-refractivity contribution in [1.82, 2.24) is 5.43 Å². The molecule has 0 aliphatic heterocycles. The van der Waals surface area contributed by atoms with Gasteiger partial charge in [0.25, 0.3) is 0 Å². The number of rotatable bonds is 8. The summed E-state index contributed by atoms with van der Waals surface area (Å²) in [5.74, 6) is 1.30. The van der Waals surface area contributed by atoms with Crippen LogP contribution in [-0.4, -0.2) is 11.3 Å². The fourth-order valence-electron chi connectivity index (χ4n) is 1.96. The molecule has 0 rings (SSSR count). The van der Waals surface area contributed by atoms with E-state index in [1.165, 1.54) is 32.1 Å². The zero-order valence-electron chi connectivity index (χ0n) is 10.7. The third kappa shape index (κ3) is 8.65. The van der Waals surface area contributed by atoms with E-state index in [1.807, 2.05) is 6.21 Å². The van der Waals surface area contributed by atoms with Crippen molar-refractivity contribution in [2.24, 2.45) is 22.7 Å². The Kier molecular flexibility index (Phi) is 9.19. The molecule has 0 aliphatic rings. The quantitative estimate of drug-likeness (QED) is 0.391. The van der Waals surface area contributed by atoms with Crippen molar-refractivity contribution in [2.75, 3.05) is 0 Å². The first-order chi connectivity index (χ1) is 7.60. The first-order valence-corrected chi connectivity index (χ1v) is 6.59. The molecule has 0 saturated carbocycles. The Labute approximate surface area is 105 Å². The number of nitrogens with zero attached hydrogens (tertiary/aromatic N) is 1. The van der Waals surface area contributed by atoms with Gasteiger partial charge in [-0.25, -0.2) is 0 Å². The highest BCUT2D eigenvalue weighted by Crippen LogP contribution is 2.19. The molecular weight excluding hydrogens is 218 g/mol. The molecule has 0 amide bonds. The highest BCUT2D eigenvalue weighted by atomic mass is 32.1. The average molecular weight is 243 g/mol. The summed E-state index contributed by atoms with van der Waals surface area (Å²) in [4.78, 5) is 0. The summed E-state index contributed by atoms with van der Waals surface area (Å²) in [6, 6.07) is 0. The van der Waals surface area contributed by atoms with Crippen molar-refractivity contribution in [2.45, 2.75) is 52.9 Å². The zero-order chi connectivity index (χ0) is 12.4. The van der Waals surface area contributed by atoms with Crippen molar-refractivity contribution in [3.8, 4) is 0 Å². The second kappa shape index (κ2) is 9.58. The predicted octanol–water partition coefficient (Wildman–Crippen LogP) is 3.05. The molecule has 0 aliphatic carbocycles. The predicted molar refractivity (Wildman–Crippen MR) is 75.5 cm³/mol. The molecule has 0 spiro atoms. The van der Waals surface area contributed by atoms with Gasteiger partial charge in [0, 0.05) is 6.21 Å². The molecule has 2 unspecified atom stereocenters. The molecule has 0 aromatic rings. The van der Waals surface area contributed by atoms with Gasteiger partial charge in [0.2, 0.25) is 0 Å². The molecule has 0 heterocycles. The van der Waals surface area contributed by atoms with Gasteiger partial charge in [-0.1, -0.05) is 40.0 Å². The summed E-state index contributed by atoms with van der Waals surface area (Å²) in [6.07, 6.45) is 8.05. The van der Waals surface area contributed by atoms with E-state index in [0.717, 1.165) is 5.92 Å². The normalized spacial score (nSPS) is 14.9. The van der Waals surface area contributed by atoms with Crippen molar-refractivity contribution < 1.29 is 0 Å². The second-order valence-electron chi connectivity index (χ2n) is 4.43. The number of hydrogen-bond donors (Lipinski definition) is 2. The van der Waals surface area contributed by atoms with Gasteiger partial charge in [0.15, 0.2) is 5.11 Å². The molecule has 16 heavy (non-hydrogen) atoms. The lowest BCUT2D eigenvalue weighted by atomic mass is 9.90. The van der Waals surface area contributed by atoms with Crippen LogP contribution in [-0.2, 0) is 0 Å². The SMILES string of the molecule is CCCC(C)CC(C=NNC(N)=S)CCC.